The molecule has 0 fully saturated rings. The predicted molar refractivity (Wildman–Crippen MR) is 76.3 cm³/mol. The van der Waals surface area contributed by atoms with Gasteiger partial charge in [0.2, 0.25) is 0 Å². The van der Waals surface area contributed by atoms with Crippen molar-refractivity contribution in [2.75, 3.05) is 5.73 Å². The molecule has 0 amide bonds. The lowest BCUT2D eigenvalue weighted by Crippen LogP contribution is -2.07. The number of hydrogen-bond acceptors (Lipinski definition) is 4. The Balaban J connectivity index is 2.57. The van der Waals surface area contributed by atoms with Crippen molar-refractivity contribution >= 4 is 27.6 Å². The Kier molecular flexibility index (Phi) is 2.52. The van der Waals surface area contributed by atoms with Crippen LogP contribution in [0.2, 0.25) is 0 Å². The number of para-hydroxylation sites is 1. The molecule has 0 aliphatic rings. The summed E-state index contributed by atoms with van der Waals surface area (Å²) in [5, 5.41) is 2.05. The zero-order valence-electron chi connectivity index (χ0n) is 10.8. The lowest BCUT2D eigenvalue weighted by Gasteiger charge is -2.09. The molecule has 0 spiro atoms. The lowest BCUT2D eigenvalue weighted by molar-refractivity contribution is 0.569. The van der Waals surface area contributed by atoms with Gasteiger partial charge < -0.3 is 10.2 Å². The molecule has 2 aromatic heterocycles. The van der Waals surface area contributed by atoms with E-state index in [1.54, 1.807) is 6.07 Å². The third-order valence-electron chi connectivity index (χ3n) is 3.24. The molecular formula is C15H14N2O2. The first-order valence-corrected chi connectivity index (χ1v) is 6.20. The van der Waals surface area contributed by atoms with Crippen molar-refractivity contribution in [1.82, 2.24) is 4.98 Å². The Hall–Kier alpha value is -2.36. The third kappa shape index (κ3) is 1.76. The minimum atomic E-state index is -0.436. The van der Waals surface area contributed by atoms with E-state index in [0.29, 0.717) is 11.0 Å². The van der Waals surface area contributed by atoms with Gasteiger partial charge in [-0.3, -0.25) is 0 Å². The van der Waals surface area contributed by atoms with Gasteiger partial charge in [-0.15, -0.1) is 0 Å². The van der Waals surface area contributed by atoms with Crippen LogP contribution >= 0.6 is 0 Å². The Morgan fingerprint density at radius 3 is 2.68 bits per heavy atom. The highest BCUT2D eigenvalue weighted by Gasteiger charge is 2.13. The smallest absolute Gasteiger partial charge is 0.347 e. The van der Waals surface area contributed by atoms with Gasteiger partial charge in [0.05, 0.1) is 0 Å². The molecule has 0 aliphatic carbocycles. The van der Waals surface area contributed by atoms with Crippen LogP contribution < -0.4 is 11.4 Å². The molecule has 1 aromatic carbocycles. The van der Waals surface area contributed by atoms with Crippen molar-refractivity contribution < 1.29 is 4.42 Å². The van der Waals surface area contributed by atoms with E-state index in [0.717, 1.165) is 16.5 Å². The normalized spacial score (nSPS) is 11.5. The van der Waals surface area contributed by atoms with Gasteiger partial charge in [0, 0.05) is 16.5 Å². The van der Waals surface area contributed by atoms with Gasteiger partial charge in [-0.2, -0.15) is 0 Å². The molecule has 3 aromatic rings. The van der Waals surface area contributed by atoms with Gasteiger partial charge >= 0.3 is 5.63 Å². The van der Waals surface area contributed by atoms with E-state index in [1.807, 2.05) is 38.1 Å². The molecule has 96 valence electrons. The second kappa shape index (κ2) is 4.09. The molecule has 4 heteroatoms. The second-order valence-electron chi connectivity index (χ2n) is 4.90. The van der Waals surface area contributed by atoms with Crippen molar-refractivity contribution in [3.05, 3.63) is 46.4 Å². The first-order valence-electron chi connectivity index (χ1n) is 6.20. The Morgan fingerprint density at radius 1 is 1.21 bits per heavy atom. The first-order chi connectivity index (χ1) is 9.08. The fourth-order valence-corrected chi connectivity index (χ4v) is 2.24. The van der Waals surface area contributed by atoms with Crippen molar-refractivity contribution in [3.8, 4) is 0 Å². The van der Waals surface area contributed by atoms with E-state index in [1.165, 1.54) is 0 Å². The van der Waals surface area contributed by atoms with Crippen LogP contribution in [0.4, 0.5) is 5.82 Å². The maximum absolute atomic E-state index is 12.0. The van der Waals surface area contributed by atoms with Crippen LogP contribution in [0.5, 0.6) is 0 Å². The van der Waals surface area contributed by atoms with Crippen molar-refractivity contribution in [3.63, 3.8) is 0 Å². The third-order valence-corrected chi connectivity index (χ3v) is 3.24. The molecule has 0 atom stereocenters. The zero-order valence-corrected chi connectivity index (χ0v) is 10.8. The number of pyridine rings is 1. The number of hydrogen-bond donors (Lipinski definition) is 1. The van der Waals surface area contributed by atoms with Gasteiger partial charge in [-0.25, -0.2) is 9.78 Å². The number of rotatable bonds is 1. The number of nitrogens with two attached hydrogens (primary N) is 1. The van der Waals surface area contributed by atoms with Crippen molar-refractivity contribution in [2.24, 2.45) is 0 Å². The summed E-state index contributed by atoms with van der Waals surface area (Å²) < 4.78 is 5.28. The molecule has 3 rings (SSSR count). The van der Waals surface area contributed by atoms with E-state index in [4.69, 9.17) is 10.2 Å². The maximum Gasteiger partial charge on any atom is 0.347 e. The predicted octanol–water partition coefficient (Wildman–Crippen LogP) is 3.05. The van der Waals surface area contributed by atoms with E-state index < -0.39 is 5.63 Å². The van der Waals surface area contributed by atoms with Crippen LogP contribution in [0.25, 0.3) is 21.7 Å². The summed E-state index contributed by atoms with van der Waals surface area (Å²) in [6, 6.07) is 9.38. The number of nitrogen functional groups attached to an aromatic ring is 1. The summed E-state index contributed by atoms with van der Waals surface area (Å²) in [5.41, 5.74) is 6.92. The summed E-state index contributed by atoms with van der Waals surface area (Å²) in [5.74, 6) is 0.485. The number of nitrogens with zero attached hydrogens (tertiary/aromatic N) is 1. The monoisotopic (exact) mass is 254 g/mol. The number of fused-ring (bicyclic) bond motifs is 3. The fraction of sp³-hybridized carbons (Fsp3) is 0.200. The topological polar surface area (TPSA) is 69.1 Å². The molecule has 0 aliphatic heterocycles. The first kappa shape index (κ1) is 11.7. The lowest BCUT2D eigenvalue weighted by atomic mass is 10.0. The van der Waals surface area contributed by atoms with Gasteiger partial charge in [0.15, 0.2) is 0 Å². The number of anilines is 1. The molecule has 2 N–H and O–H groups in total. The van der Waals surface area contributed by atoms with Crippen LogP contribution in [0, 0.1) is 0 Å². The highest BCUT2D eigenvalue weighted by Crippen LogP contribution is 2.27. The number of benzene rings is 1. The van der Waals surface area contributed by atoms with Crippen LogP contribution in [0.1, 0.15) is 25.5 Å². The van der Waals surface area contributed by atoms with Crippen LogP contribution in [0.3, 0.4) is 0 Å². The summed E-state index contributed by atoms with van der Waals surface area (Å²) in [6.07, 6.45) is 0. The van der Waals surface area contributed by atoms with E-state index in [9.17, 15) is 4.79 Å². The quantitative estimate of drug-likeness (QED) is 0.535. The van der Waals surface area contributed by atoms with Crippen molar-refractivity contribution in [2.45, 2.75) is 19.8 Å². The van der Waals surface area contributed by atoms with Crippen LogP contribution in [-0.2, 0) is 0 Å². The Bertz CT molecular complexity index is 835. The summed E-state index contributed by atoms with van der Waals surface area (Å²) in [6.45, 7) is 4.09. The summed E-state index contributed by atoms with van der Waals surface area (Å²) in [7, 11) is 0. The van der Waals surface area contributed by atoms with Gasteiger partial charge in [0.25, 0.3) is 0 Å². The minimum absolute atomic E-state index is 0.237. The van der Waals surface area contributed by atoms with Gasteiger partial charge in [0.1, 0.15) is 16.8 Å². The fourth-order valence-electron chi connectivity index (χ4n) is 2.24. The molecule has 4 nitrogen and oxygen atoms in total. The standard InChI is InChI=1S/C15H14N2O2/c1-8(2)11-7-10-9-5-3-4-6-12(9)19-15(18)13(10)14(16)17-11/h3-8H,1-2H3,(H2,16,17). The number of aromatic nitrogens is 1. The molecule has 0 bridgehead atoms. The average Bonchev–Trinajstić information content (AvgIpc) is 2.38. The molecule has 0 saturated carbocycles. The summed E-state index contributed by atoms with van der Waals surface area (Å²) >= 11 is 0. The Labute approximate surface area is 109 Å². The molecule has 2 heterocycles. The second-order valence-corrected chi connectivity index (χ2v) is 4.90. The van der Waals surface area contributed by atoms with E-state index in [-0.39, 0.29) is 11.7 Å². The van der Waals surface area contributed by atoms with Crippen LogP contribution in [0.15, 0.2) is 39.5 Å². The molecule has 0 saturated heterocycles. The highest BCUT2D eigenvalue weighted by atomic mass is 16.4. The molecule has 0 unspecified atom stereocenters. The molecular weight excluding hydrogens is 240 g/mol. The SMILES string of the molecule is CC(C)c1cc2c(c(N)n1)c(=O)oc1ccccc12. The zero-order chi connectivity index (χ0) is 13.6. The van der Waals surface area contributed by atoms with E-state index in [2.05, 4.69) is 4.98 Å². The summed E-state index contributed by atoms with van der Waals surface area (Å²) in [4.78, 5) is 16.3. The minimum Gasteiger partial charge on any atom is -0.422 e. The Morgan fingerprint density at radius 2 is 1.95 bits per heavy atom. The largest absolute Gasteiger partial charge is 0.422 e. The van der Waals surface area contributed by atoms with Crippen molar-refractivity contribution in [1.29, 1.82) is 0 Å². The van der Waals surface area contributed by atoms with Gasteiger partial charge in [-0.05, 0) is 18.1 Å². The average molecular weight is 254 g/mol. The highest BCUT2D eigenvalue weighted by molar-refractivity contribution is 6.07. The van der Waals surface area contributed by atoms with E-state index >= 15 is 0 Å². The van der Waals surface area contributed by atoms with Gasteiger partial charge in [-0.1, -0.05) is 32.0 Å². The molecule has 0 radical (unpaired) electrons. The van der Waals surface area contributed by atoms with Crippen LogP contribution in [-0.4, -0.2) is 4.98 Å². The molecule has 19 heavy (non-hydrogen) atoms. The maximum atomic E-state index is 12.0.